The number of rotatable bonds is 2. The second-order valence-electron chi connectivity index (χ2n) is 3.48. The molecule has 2 aromatic rings. The van der Waals surface area contributed by atoms with Crippen molar-refractivity contribution >= 4 is 48.9 Å². The average molecular weight is 360 g/mol. The fraction of sp³-hybridized carbons (Fsp3) is 0. The number of benzene rings is 2. The predicted molar refractivity (Wildman–Crippen MR) is 75.9 cm³/mol. The number of nitrogens with one attached hydrogen (secondary N) is 1. The molecule has 0 unspecified atom stereocenters. The molecule has 5 heteroatoms. The summed E-state index contributed by atoms with van der Waals surface area (Å²) in [7, 11) is 0. The minimum Gasteiger partial charge on any atom is -0.397 e. The molecule has 2 nitrogen and oxygen atoms in total. The van der Waals surface area contributed by atoms with Gasteiger partial charge in [0.25, 0.3) is 0 Å². The molecular formula is C12H9Br2FN2. The van der Waals surface area contributed by atoms with Gasteiger partial charge < -0.3 is 11.1 Å². The summed E-state index contributed by atoms with van der Waals surface area (Å²) >= 11 is 6.71. The van der Waals surface area contributed by atoms with Crippen molar-refractivity contribution in [2.24, 2.45) is 0 Å². The van der Waals surface area contributed by atoms with Gasteiger partial charge in [-0.25, -0.2) is 4.39 Å². The third kappa shape index (κ3) is 2.98. The molecule has 0 atom stereocenters. The van der Waals surface area contributed by atoms with Crippen molar-refractivity contribution in [2.45, 2.75) is 0 Å². The Labute approximate surface area is 115 Å². The van der Waals surface area contributed by atoms with Crippen molar-refractivity contribution in [3.05, 3.63) is 51.2 Å². The minimum absolute atomic E-state index is 0.302. The SMILES string of the molecule is Nc1ccc(Br)cc1Nc1cc(F)ccc1Br. The summed E-state index contributed by atoms with van der Waals surface area (Å²) in [5, 5.41) is 3.08. The molecule has 0 heterocycles. The zero-order valence-corrected chi connectivity index (χ0v) is 11.8. The van der Waals surface area contributed by atoms with E-state index in [-0.39, 0.29) is 5.82 Å². The number of nitrogens with two attached hydrogens (primary N) is 1. The molecule has 0 aromatic heterocycles. The van der Waals surface area contributed by atoms with E-state index < -0.39 is 0 Å². The molecule has 0 spiro atoms. The highest BCUT2D eigenvalue weighted by Crippen LogP contribution is 2.30. The molecule has 88 valence electrons. The van der Waals surface area contributed by atoms with E-state index in [0.717, 1.165) is 14.6 Å². The zero-order chi connectivity index (χ0) is 12.4. The van der Waals surface area contributed by atoms with Crippen LogP contribution < -0.4 is 11.1 Å². The Balaban J connectivity index is 2.37. The Kier molecular flexibility index (Phi) is 3.69. The van der Waals surface area contributed by atoms with Crippen LogP contribution in [-0.4, -0.2) is 0 Å². The molecule has 2 rings (SSSR count). The Morgan fingerprint density at radius 2 is 1.76 bits per heavy atom. The van der Waals surface area contributed by atoms with Crippen LogP contribution in [0.5, 0.6) is 0 Å². The monoisotopic (exact) mass is 358 g/mol. The van der Waals surface area contributed by atoms with Gasteiger partial charge in [0.1, 0.15) is 5.82 Å². The minimum atomic E-state index is -0.302. The molecule has 0 bridgehead atoms. The van der Waals surface area contributed by atoms with Gasteiger partial charge in [-0.15, -0.1) is 0 Å². The fourth-order valence-corrected chi connectivity index (χ4v) is 2.08. The Bertz CT molecular complexity index is 509. The van der Waals surface area contributed by atoms with Crippen molar-refractivity contribution in [1.82, 2.24) is 0 Å². The van der Waals surface area contributed by atoms with Gasteiger partial charge in [0, 0.05) is 8.95 Å². The number of hydrogen-bond acceptors (Lipinski definition) is 2. The van der Waals surface area contributed by atoms with E-state index in [9.17, 15) is 4.39 Å². The highest BCUT2D eigenvalue weighted by molar-refractivity contribution is 9.10. The van der Waals surface area contributed by atoms with Gasteiger partial charge >= 0.3 is 0 Å². The lowest BCUT2D eigenvalue weighted by Gasteiger charge is -2.11. The first-order valence-electron chi connectivity index (χ1n) is 4.83. The van der Waals surface area contributed by atoms with Gasteiger partial charge in [-0.05, 0) is 52.3 Å². The Morgan fingerprint density at radius 1 is 1.00 bits per heavy atom. The highest BCUT2D eigenvalue weighted by atomic mass is 79.9. The fourth-order valence-electron chi connectivity index (χ4n) is 1.38. The molecule has 0 radical (unpaired) electrons. The lowest BCUT2D eigenvalue weighted by molar-refractivity contribution is 0.628. The summed E-state index contributed by atoms with van der Waals surface area (Å²) in [6.07, 6.45) is 0. The van der Waals surface area contributed by atoms with Crippen LogP contribution in [0.2, 0.25) is 0 Å². The molecule has 0 saturated carbocycles. The van der Waals surface area contributed by atoms with Gasteiger partial charge in [0.15, 0.2) is 0 Å². The maximum atomic E-state index is 13.1. The van der Waals surface area contributed by atoms with Crippen molar-refractivity contribution in [2.75, 3.05) is 11.1 Å². The molecule has 0 fully saturated rings. The van der Waals surface area contributed by atoms with Gasteiger partial charge in [0.2, 0.25) is 0 Å². The van der Waals surface area contributed by atoms with Crippen molar-refractivity contribution < 1.29 is 4.39 Å². The summed E-state index contributed by atoms with van der Waals surface area (Å²) in [6, 6.07) is 9.91. The van der Waals surface area contributed by atoms with Crippen LogP contribution in [0.15, 0.2) is 45.3 Å². The number of nitrogen functional groups attached to an aromatic ring is 1. The summed E-state index contributed by atoms with van der Waals surface area (Å²) in [5.74, 6) is -0.302. The maximum Gasteiger partial charge on any atom is 0.125 e. The first kappa shape index (κ1) is 12.4. The van der Waals surface area contributed by atoms with Gasteiger partial charge in [-0.1, -0.05) is 15.9 Å². The second kappa shape index (κ2) is 5.06. The van der Waals surface area contributed by atoms with Crippen LogP contribution in [0.1, 0.15) is 0 Å². The maximum absolute atomic E-state index is 13.1. The number of hydrogen-bond donors (Lipinski definition) is 2. The quantitative estimate of drug-likeness (QED) is 0.764. The van der Waals surface area contributed by atoms with Crippen LogP contribution in [-0.2, 0) is 0 Å². The smallest absolute Gasteiger partial charge is 0.125 e. The zero-order valence-electron chi connectivity index (χ0n) is 8.68. The molecule has 0 aliphatic rings. The largest absolute Gasteiger partial charge is 0.397 e. The van der Waals surface area contributed by atoms with E-state index in [1.54, 1.807) is 12.1 Å². The van der Waals surface area contributed by atoms with E-state index in [2.05, 4.69) is 37.2 Å². The molecular weight excluding hydrogens is 351 g/mol. The standard InChI is InChI=1S/C12H9Br2FN2/c13-7-1-4-10(16)12(5-7)17-11-6-8(15)2-3-9(11)14/h1-6,17H,16H2. The molecule has 0 aliphatic carbocycles. The first-order chi connectivity index (χ1) is 8.06. The lowest BCUT2D eigenvalue weighted by atomic mass is 10.2. The van der Waals surface area contributed by atoms with Crippen LogP contribution >= 0.6 is 31.9 Å². The average Bonchev–Trinajstić information content (AvgIpc) is 2.28. The number of anilines is 3. The summed E-state index contributed by atoms with van der Waals surface area (Å²) in [5.41, 5.74) is 7.80. The molecule has 17 heavy (non-hydrogen) atoms. The molecule has 0 saturated heterocycles. The number of halogens is 3. The second-order valence-corrected chi connectivity index (χ2v) is 5.25. The Morgan fingerprint density at radius 3 is 2.53 bits per heavy atom. The van der Waals surface area contributed by atoms with Crippen molar-refractivity contribution in [3.63, 3.8) is 0 Å². The van der Waals surface area contributed by atoms with Crippen LogP contribution in [0.25, 0.3) is 0 Å². The van der Waals surface area contributed by atoms with Gasteiger partial charge in [0.05, 0.1) is 17.1 Å². The third-order valence-corrected chi connectivity index (χ3v) is 3.40. The molecule has 0 aliphatic heterocycles. The third-order valence-electron chi connectivity index (χ3n) is 2.21. The van der Waals surface area contributed by atoms with Crippen molar-refractivity contribution in [1.29, 1.82) is 0 Å². The van der Waals surface area contributed by atoms with Crippen LogP contribution in [0.3, 0.4) is 0 Å². The summed E-state index contributed by atoms with van der Waals surface area (Å²) < 4.78 is 14.8. The van der Waals surface area contributed by atoms with E-state index in [4.69, 9.17) is 5.73 Å². The van der Waals surface area contributed by atoms with E-state index in [0.29, 0.717) is 11.4 Å². The van der Waals surface area contributed by atoms with Crippen molar-refractivity contribution in [3.8, 4) is 0 Å². The lowest BCUT2D eigenvalue weighted by Crippen LogP contribution is -1.97. The van der Waals surface area contributed by atoms with Gasteiger partial charge in [-0.3, -0.25) is 0 Å². The van der Waals surface area contributed by atoms with E-state index >= 15 is 0 Å². The topological polar surface area (TPSA) is 38.0 Å². The van der Waals surface area contributed by atoms with Crippen LogP contribution in [0, 0.1) is 5.82 Å². The molecule has 2 aromatic carbocycles. The van der Waals surface area contributed by atoms with Crippen LogP contribution in [0.4, 0.5) is 21.5 Å². The normalized spacial score (nSPS) is 10.3. The first-order valence-corrected chi connectivity index (χ1v) is 6.42. The van der Waals surface area contributed by atoms with Gasteiger partial charge in [-0.2, -0.15) is 0 Å². The summed E-state index contributed by atoms with van der Waals surface area (Å²) in [4.78, 5) is 0. The van der Waals surface area contributed by atoms with E-state index in [1.165, 1.54) is 12.1 Å². The molecule has 0 amide bonds. The summed E-state index contributed by atoms with van der Waals surface area (Å²) in [6.45, 7) is 0. The molecule has 3 N–H and O–H groups in total. The predicted octanol–water partition coefficient (Wildman–Crippen LogP) is 4.68. The highest BCUT2D eigenvalue weighted by Gasteiger charge is 2.05. The Hall–Kier alpha value is -1.07. The van der Waals surface area contributed by atoms with E-state index in [1.807, 2.05) is 12.1 Å².